The Bertz CT molecular complexity index is 685. The zero-order valence-electron chi connectivity index (χ0n) is 11.7. The van der Waals surface area contributed by atoms with Crippen LogP contribution in [-0.4, -0.2) is 11.5 Å². The third-order valence-corrected chi connectivity index (χ3v) is 3.92. The van der Waals surface area contributed by atoms with E-state index in [1.807, 2.05) is 6.07 Å². The first kappa shape index (κ1) is 13.4. The Morgan fingerprint density at radius 2 is 1.90 bits per heavy atom. The number of benzene rings is 2. The number of nitrogens with zero attached hydrogens (tertiary/aromatic N) is 2. The molecule has 2 aromatic carbocycles. The molecule has 1 aliphatic rings. The Hall–Kier alpha value is -2.56. The van der Waals surface area contributed by atoms with E-state index < -0.39 is 4.92 Å². The highest BCUT2D eigenvalue weighted by atomic mass is 16.6. The lowest BCUT2D eigenvalue weighted by atomic mass is 10.0. The van der Waals surface area contributed by atoms with E-state index in [2.05, 4.69) is 23.1 Å². The van der Waals surface area contributed by atoms with Gasteiger partial charge in [-0.15, -0.1) is 0 Å². The van der Waals surface area contributed by atoms with E-state index in [0.29, 0.717) is 5.69 Å². The molecule has 0 fully saturated rings. The van der Waals surface area contributed by atoms with Gasteiger partial charge in [0.2, 0.25) is 0 Å². The molecule has 0 radical (unpaired) electrons. The van der Waals surface area contributed by atoms with Crippen LogP contribution in [0.3, 0.4) is 0 Å². The smallest absolute Gasteiger partial charge is 0.271 e. The summed E-state index contributed by atoms with van der Waals surface area (Å²) in [4.78, 5) is 12.6. The SMILES string of the molecule is Nc1cc([N+](=O)[O-])ccc1N1CCCc2ccccc2C1. The van der Waals surface area contributed by atoms with Crippen molar-refractivity contribution < 1.29 is 4.92 Å². The summed E-state index contributed by atoms with van der Waals surface area (Å²) in [6.45, 7) is 1.69. The Labute approximate surface area is 123 Å². The molecule has 2 aromatic rings. The molecule has 5 heteroatoms. The molecule has 108 valence electrons. The van der Waals surface area contributed by atoms with Gasteiger partial charge < -0.3 is 10.6 Å². The number of nitrogens with two attached hydrogens (primary N) is 1. The lowest BCUT2D eigenvalue weighted by Crippen LogP contribution is -2.23. The lowest BCUT2D eigenvalue weighted by Gasteiger charge is -2.24. The van der Waals surface area contributed by atoms with Crippen LogP contribution in [0.2, 0.25) is 0 Å². The minimum atomic E-state index is -0.419. The Balaban J connectivity index is 1.92. The molecular weight excluding hydrogens is 266 g/mol. The summed E-state index contributed by atoms with van der Waals surface area (Å²) in [6.07, 6.45) is 2.10. The fraction of sp³-hybridized carbons (Fsp3) is 0.250. The molecule has 1 heterocycles. The molecule has 0 aliphatic carbocycles. The van der Waals surface area contributed by atoms with Gasteiger partial charge in [-0.25, -0.2) is 0 Å². The van der Waals surface area contributed by atoms with Crippen LogP contribution in [0.1, 0.15) is 17.5 Å². The van der Waals surface area contributed by atoms with Gasteiger partial charge in [0, 0.05) is 25.2 Å². The molecule has 0 aromatic heterocycles. The van der Waals surface area contributed by atoms with Crippen molar-refractivity contribution in [2.75, 3.05) is 17.2 Å². The van der Waals surface area contributed by atoms with Crippen molar-refractivity contribution in [3.8, 4) is 0 Å². The first-order chi connectivity index (χ1) is 10.1. The first-order valence-corrected chi connectivity index (χ1v) is 7.01. The van der Waals surface area contributed by atoms with Crippen LogP contribution in [0.25, 0.3) is 0 Å². The summed E-state index contributed by atoms with van der Waals surface area (Å²) in [6, 6.07) is 13.1. The zero-order chi connectivity index (χ0) is 14.8. The first-order valence-electron chi connectivity index (χ1n) is 7.01. The van der Waals surface area contributed by atoms with Crippen molar-refractivity contribution in [3.05, 3.63) is 63.7 Å². The fourth-order valence-electron chi connectivity index (χ4n) is 2.85. The highest BCUT2D eigenvalue weighted by Crippen LogP contribution is 2.31. The molecule has 0 saturated heterocycles. The highest BCUT2D eigenvalue weighted by Gasteiger charge is 2.18. The number of nitro groups is 1. The largest absolute Gasteiger partial charge is 0.397 e. The Morgan fingerprint density at radius 1 is 1.14 bits per heavy atom. The zero-order valence-corrected chi connectivity index (χ0v) is 11.7. The Kier molecular flexibility index (Phi) is 3.48. The number of aryl methyl sites for hydroxylation is 1. The van der Waals surface area contributed by atoms with Gasteiger partial charge in [-0.3, -0.25) is 10.1 Å². The van der Waals surface area contributed by atoms with E-state index >= 15 is 0 Å². The summed E-state index contributed by atoms with van der Waals surface area (Å²) >= 11 is 0. The fourth-order valence-corrected chi connectivity index (χ4v) is 2.85. The molecule has 1 aliphatic heterocycles. The second kappa shape index (κ2) is 5.44. The van der Waals surface area contributed by atoms with Crippen molar-refractivity contribution in [2.45, 2.75) is 19.4 Å². The van der Waals surface area contributed by atoms with Crippen molar-refractivity contribution in [1.82, 2.24) is 0 Å². The van der Waals surface area contributed by atoms with Gasteiger partial charge in [0.05, 0.1) is 16.3 Å². The number of nitrogen functional groups attached to an aromatic ring is 1. The maximum absolute atomic E-state index is 10.8. The standard InChI is InChI=1S/C16H17N3O2/c17-15-10-14(19(20)21)7-8-16(15)18-9-3-6-12-4-1-2-5-13(12)11-18/h1-2,4-5,7-8,10H,3,6,9,11,17H2. The molecule has 0 spiro atoms. The molecule has 0 unspecified atom stereocenters. The number of anilines is 2. The second-order valence-corrected chi connectivity index (χ2v) is 5.29. The second-order valence-electron chi connectivity index (χ2n) is 5.29. The summed E-state index contributed by atoms with van der Waals surface area (Å²) in [5.74, 6) is 0. The molecule has 0 atom stereocenters. The van der Waals surface area contributed by atoms with E-state index in [0.717, 1.165) is 31.6 Å². The summed E-state index contributed by atoms with van der Waals surface area (Å²) in [5.41, 5.74) is 10.1. The van der Waals surface area contributed by atoms with Gasteiger partial charge in [0.15, 0.2) is 0 Å². The van der Waals surface area contributed by atoms with E-state index in [1.54, 1.807) is 6.07 Å². The van der Waals surface area contributed by atoms with E-state index in [4.69, 9.17) is 5.73 Å². The van der Waals surface area contributed by atoms with Crippen molar-refractivity contribution in [2.24, 2.45) is 0 Å². The highest BCUT2D eigenvalue weighted by molar-refractivity contribution is 5.71. The maximum Gasteiger partial charge on any atom is 0.271 e. The average Bonchev–Trinajstić information content (AvgIpc) is 2.69. The molecule has 21 heavy (non-hydrogen) atoms. The summed E-state index contributed by atoms with van der Waals surface area (Å²) < 4.78 is 0. The molecule has 2 N–H and O–H groups in total. The van der Waals surface area contributed by atoms with E-state index in [-0.39, 0.29) is 5.69 Å². The third-order valence-electron chi connectivity index (χ3n) is 3.92. The number of hydrogen-bond acceptors (Lipinski definition) is 4. The topological polar surface area (TPSA) is 72.4 Å². The quantitative estimate of drug-likeness (QED) is 0.522. The minimum absolute atomic E-state index is 0.0338. The van der Waals surface area contributed by atoms with Gasteiger partial charge in [-0.1, -0.05) is 24.3 Å². The lowest BCUT2D eigenvalue weighted by molar-refractivity contribution is -0.384. The van der Waals surface area contributed by atoms with Crippen LogP contribution in [0, 0.1) is 10.1 Å². The van der Waals surface area contributed by atoms with Crippen molar-refractivity contribution in [3.63, 3.8) is 0 Å². The number of non-ortho nitro benzene ring substituents is 1. The van der Waals surface area contributed by atoms with Crippen LogP contribution in [0.4, 0.5) is 17.1 Å². The summed E-state index contributed by atoms with van der Waals surface area (Å²) in [5, 5.41) is 10.8. The van der Waals surface area contributed by atoms with Crippen LogP contribution in [-0.2, 0) is 13.0 Å². The predicted octanol–water partition coefficient (Wildman–Crippen LogP) is 3.13. The number of fused-ring (bicyclic) bond motifs is 1. The van der Waals surface area contributed by atoms with Gasteiger partial charge >= 0.3 is 0 Å². The minimum Gasteiger partial charge on any atom is -0.397 e. The van der Waals surface area contributed by atoms with Gasteiger partial charge in [-0.05, 0) is 30.0 Å². The molecule has 5 nitrogen and oxygen atoms in total. The normalized spacial score (nSPS) is 14.4. The maximum atomic E-state index is 10.8. The van der Waals surface area contributed by atoms with Gasteiger partial charge in [0.25, 0.3) is 5.69 Å². The molecule has 0 amide bonds. The summed E-state index contributed by atoms with van der Waals surface area (Å²) in [7, 11) is 0. The van der Waals surface area contributed by atoms with Gasteiger partial charge in [-0.2, -0.15) is 0 Å². The average molecular weight is 283 g/mol. The van der Waals surface area contributed by atoms with Crippen LogP contribution < -0.4 is 10.6 Å². The van der Waals surface area contributed by atoms with E-state index in [1.165, 1.54) is 23.3 Å². The van der Waals surface area contributed by atoms with Crippen LogP contribution in [0.5, 0.6) is 0 Å². The van der Waals surface area contributed by atoms with Gasteiger partial charge in [0.1, 0.15) is 0 Å². The predicted molar refractivity (Wildman–Crippen MR) is 83.3 cm³/mol. The number of nitro benzene ring substituents is 1. The molecule has 3 rings (SSSR count). The number of hydrogen-bond donors (Lipinski definition) is 1. The molecule has 0 bridgehead atoms. The van der Waals surface area contributed by atoms with Crippen molar-refractivity contribution >= 4 is 17.1 Å². The Morgan fingerprint density at radius 3 is 2.62 bits per heavy atom. The third kappa shape index (κ3) is 2.67. The van der Waals surface area contributed by atoms with E-state index in [9.17, 15) is 10.1 Å². The van der Waals surface area contributed by atoms with Crippen molar-refractivity contribution in [1.29, 1.82) is 0 Å². The monoisotopic (exact) mass is 283 g/mol. The van der Waals surface area contributed by atoms with Crippen LogP contribution in [0.15, 0.2) is 42.5 Å². The van der Waals surface area contributed by atoms with Crippen LogP contribution >= 0.6 is 0 Å². The number of rotatable bonds is 2. The molecular formula is C16H17N3O2. The molecule has 0 saturated carbocycles.